The minimum Gasteiger partial charge on any atom is -0.507 e. The van der Waals surface area contributed by atoms with Crippen LogP contribution in [0.3, 0.4) is 0 Å². The Morgan fingerprint density at radius 2 is 1.53 bits per heavy atom. The van der Waals surface area contributed by atoms with Crippen molar-refractivity contribution in [3.05, 3.63) is 69.7 Å². The van der Waals surface area contributed by atoms with Gasteiger partial charge in [0.05, 0.1) is 18.7 Å². The predicted octanol–water partition coefficient (Wildman–Crippen LogP) is 6.17. The van der Waals surface area contributed by atoms with Gasteiger partial charge >= 0.3 is 0 Å². The molecule has 7 heteroatoms. The molecule has 2 aromatic carbocycles. The molecule has 0 radical (unpaired) electrons. The van der Waals surface area contributed by atoms with Gasteiger partial charge in [-0.1, -0.05) is 54.8 Å². The third kappa shape index (κ3) is 6.77. The van der Waals surface area contributed by atoms with Gasteiger partial charge in [-0.2, -0.15) is 0 Å². The van der Waals surface area contributed by atoms with Gasteiger partial charge in [-0.3, -0.25) is 9.59 Å². The summed E-state index contributed by atoms with van der Waals surface area (Å²) in [5, 5.41) is 11.2. The van der Waals surface area contributed by atoms with Crippen molar-refractivity contribution < 1.29 is 19.4 Å². The summed E-state index contributed by atoms with van der Waals surface area (Å²) in [6.07, 6.45) is 5.35. The van der Waals surface area contributed by atoms with Crippen LogP contribution in [0.15, 0.2) is 58.6 Å². The first-order chi connectivity index (χ1) is 17.4. The second kappa shape index (κ2) is 13.6. The number of carbonyl (C=O) groups is 2. The van der Waals surface area contributed by atoms with Crippen molar-refractivity contribution in [2.45, 2.75) is 52.0 Å². The molecule has 0 saturated carbocycles. The summed E-state index contributed by atoms with van der Waals surface area (Å²) in [7, 11) is 1.57. The number of carbonyl (C=O) groups excluding carboxylic acids is 2. The molecule has 1 amide bonds. The van der Waals surface area contributed by atoms with E-state index in [1.807, 2.05) is 24.3 Å². The van der Waals surface area contributed by atoms with E-state index in [2.05, 4.69) is 34.7 Å². The van der Waals surface area contributed by atoms with Crippen LogP contribution in [0, 0.1) is 0 Å². The average Bonchev–Trinajstić information content (AvgIpc) is 3.15. The molecule has 1 aliphatic heterocycles. The number of unbranched alkanes of at least 4 members (excludes halogenated alkanes) is 2. The first kappa shape index (κ1) is 27.9. The lowest BCUT2D eigenvalue weighted by Gasteiger charge is -2.27. The zero-order chi connectivity index (χ0) is 26.1. The van der Waals surface area contributed by atoms with E-state index in [0.717, 1.165) is 61.8 Å². The number of rotatable bonds is 13. The molecule has 3 rings (SSSR count). The number of aliphatic hydroxyl groups is 1. The van der Waals surface area contributed by atoms with E-state index in [4.69, 9.17) is 4.74 Å². The smallest absolute Gasteiger partial charge is 0.295 e. The summed E-state index contributed by atoms with van der Waals surface area (Å²) >= 11 is 3.46. The molecule has 1 saturated heterocycles. The number of Topliss-reactive ketones (excluding diaryl/α,β-unsaturated/α-hetero) is 1. The highest BCUT2D eigenvalue weighted by molar-refractivity contribution is 9.10. The van der Waals surface area contributed by atoms with Crippen LogP contribution in [0.1, 0.15) is 63.1 Å². The molecule has 1 N–H and O–H groups in total. The third-order valence-electron chi connectivity index (χ3n) is 6.62. The van der Waals surface area contributed by atoms with E-state index < -0.39 is 17.7 Å². The van der Waals surface area contributed by atoms with Gasteiger partial charge in [-0.05, 0) is 80.9 Å². The monoisotopic (exact) mass is 556 g/mol. The van der Waals surface area contributed by atoms with Crippen LogP contribution in [-0.2, 0) is 9.59 Å². The Labute approximate surface area is 223 Å². The van der Waals surface area contributed by atoms with Crippen LogP contribution in [0.2, 0.25) is 0 Å². The Bertz CT molecular complexity index is 1040. The third-order valence-corrected chi connectivity index (χ3v) is 7.15. The average molecular weight is 558 g/mol. The van der Waals surface area contributed by atoms with E-state index in [-0.39, 0.29) is 11.3 Å². The van der Waals surface area contributed by atoms with Crippen LogP contribution in [0.25, 0.3) is 5.76 Å². The first-order valence-electron chi connectivity index (χ1n) is 12.8. The standard InChI is InChI=1S/C29H37BrN2O4/c1-4-6-17-31(18-7-5-2)19-8-20-32-26(21-9-13-23(30)14-10-21)25(28(34)29(32)35)27(33)22-11-15-24(36-3)16-12-22/h9-16,26,33H,4-8,17-20H2,1-3H3/b27-25+. The maximum atomic E-state index is 13.2. The molecule has 0 aromatic heterocycles. The highest BCUT2D eigenvalue weighted by atomic mass is 79.9. The Hall–Kier alpha value is -2.64. The molecule has 2 aromatic rings. The Kier molecular flexibility index (Phi) is 10.6. The number of amides is 1. The van der Waals surface area contributed by atoms with Crippen molar-refractivity contribution in [1.82, 2.24) is 9.80 Å². The van der Waals surface area contributed by atoms with Crippen LogP contribution in [-0.4, -0.2) is 59.9 Å². The Balaban J connectivity index is 1.90. The Morgan fingerprint density at radius 1 is 0.944 bits per heavy atom. The maximum Gasteiger partial charge on any atom is 0.295 e. The fourth-order valence-corrected chi connectivity index (χ4v) is 4.83. The fourth-order valence-electron chi connectivity index (χ4n) is 4.57. The lowest BCUT2D eigenvalue weighted by molar-refractivity contribution is -0.140. The number of benzene rings is 2. The van der Waals surface area contributed by atoms with Crippen molar-refractivity contribution in [3.8, 4) is 5.75 Å². The van der Waals surface area contributed by atoms with Crippen LogP contribution < -0.4 is 4.74 Å². The number of likely N-dealkylation sites (tertiary alicyclic amines) is 1. The van der Waals surface area contributed by atoms with Crippen LogP contribution in [0.4, 0.5) is 0 Å². The van der Waals surface area contributed by atoms with Crippen molar-refractivity contribution in [2.24, 2.45) is 0 Å². The summed E-state index contributed by atoms with van der Waals surface area (Å²) in [4.78, 5) is 30.5. The molecular formula is C29H37BrN2O4. The SMILES string of the molecule is CCCCN(CCCC)CCCN1C(=O)C(=O)/C(=C(/O)c2ccc(OC)cc2)C1c1ccc(Br)cc1. The van der Waals surface area contributed by atoms with E-state index >= 15 is 0 Å². The van der Waals surface area contributed by atoms with E-state index in [0.29, 0.717) is 17.9 Å². The summed E-state index contributed by atoms with van der Waals surface area (Å²) < 4.78 is 6.11. The van der Waals surface area contributed by atoms with E-state index in [1.165, 1.54) is 0 Å². The molecule has 194 valence electrons. The van der Waals surface area contributed by atoms with Gasteiger partial charge in [-0.15, -0.1) is 0 Å². The first-order valence-corrected chi connectivity index (χ1v) is 13.6. The molecule has 1 unspecified atom stereocenters. The molecule has 1 heterocycles. The van der Waals surface area contributed by atoms with Gasteiger partial charge < -0.3 is 19.6 Å². The lowest BCUT2D eigenvalue weighted by Crippen LogP contribution is -2.34. The number of methoxy groups -OCH3 is 1. The predicted molar refractivity (Wildman–Crippen MR) is 147 cm³/mol. The molecular weight excluding hydrogens is 520 g/mol. The van der Waals surface area contributed by atoms with Gasteiger partial charge in [0.25, 0.3) is 11.7 Å². The largest absolute Gasteiger partial charge is 0.507 e. The van der Waals surface area contributed by atoms with Crippen molar-refractivity contribution >= 4 is 33.4 Å². The number of hydrogen-bond acceptors (Lipinski definition) is 5. The summed E-state index contributed by atoms with van der Waals surface area (Å²) in [5.74, 6) is -0.734. The zero-order valence-electron chi connectivity index (χ0n) is 21.5. The number of ether oxygens (including phenoxy) is 1. The highest BCUT2D eigenvalue weighted by Gasteiger charge is 2.45. The van der Waals surface area contributed by atoms with E-state index in [1.54, 1.807) is 36.3 Å². The van der Waals surface area contributed by atoms with Crippen molar-refractivity contribution in [1.29, 1.82) is 0 Å². The van der Waals surface area contributed by atoms with Crippen molar-refractivity contribution in [2.75, 3.05) is 33.3 Å². The lowest BCUT2D eigenvalue weighted by atomic mass is 9.95. The molecule has 1 aliphatic rings. The molecule has 0 spiro atoms. The highest BCUT2D eigenvalue weighted by Crippen LogP contribution is 2.40. The normalized spacial score (nSPS) is 17.2. The Morgan fingerprint density at radius 3 is 2.08 bits per heavy atom. The number of ketones is 1. The molecule has 0 bridgehead atoms. The molecule has 36 heavy (non-hydrogen) atoms. The minimum absolute atomic E-state index is 0.126. The quantitative estimate of drug-likeness (QED) is 0.181. The van der Waals surface area contributed by atoms with Gasteiger partial charge in [0.2, 0.25) is 0 Å². The van der Waals surface area contributed by atoms with Gasteiger partial charge in [0.1, 0.15) is 11.5 Å². The van der Waals surface area contributed by atoms with Gasteiger partial charge in [0.15, 0.2) is 0 Å². The summed E-state index contributed by atoms with van der Waals surface area (Å²) in [6.45, 7) is 7.79. The molecule has 1 atom stereocenters. The van der Waals surface area contributed by atoms with Gasteiger partial charge in [0, 0.05) is 16.6 Å². The molecule has 0 aliphatic carbocycles. The minimum atomic E-state index is -0.648. The topological polar surface area (TPSA) is 70.1 Å². The number of halogens is 1. The van der Waals surface area contributed by atoms with E-state index in [9.17, 15) is 14.7 Å². The summed E-state index contributed by atoms with van der Waals surface area (Å²) in [6, 6.07) is 13.8. The fraction of sp³-hybridized carbons (Fsp3) is 0.448. The maximum absolute atomic E-state index is 13.2. The van der Waals surface area contributed by atoms with Gasteiger partial charge in [-0.25, -0.2) is 0 Å². The number of nitrogens with zero attached hydrogens (tertiary/aromatic N) is 2. The molecule has 1 fully saturated rings. The van der Waals surface area contributed by atoms with Crippen LogP contribution in [0.5, 0.6) is 5.75 Å². The van der Waals surface area contributed by atoms with Crippen LogP contribution >= 0.6 is 15.9 Å². The number of hydrogen-bond donors (Lipinski definition) is 1. The zero-order valence-corrected chi connectivity index (χ0v) is 23.1. The summed E-state index contributed by atoms with van der Waals surface area (Å²) in [5.41, 5.74) is 1.39. The second-order valence-corrected chi connectivity index (χ2v) is 10.1. The molecule has 6 nitrogen and oxygen atoms in total. The number of aliphatic hydroxyl groups excluding tert-OH is 1. The van der Waals surface area contributed by atoms with Crippen molar-refractivity contribution in [3.63, 3.8) is 0 Å². The second-order valence-electron chi connectivity index (χ2n) is 9.17.